The summed E-state index contributed by atoms with van der Waals surface area (Å²) in [6.45, 7) is 12.0. The first-order valence-electron chi connectivity index (χ1n) is 9.60. The zero-order chi connectivity index (χ0) is 19.0. The fourth-order valence-electron chi connectivity index (χ4n) is 4.43. The van der Waals surface area contributed by atoms with Gasteiger partial charge in [0.2, 0.25) is 0 Å². The molecule has 0 saturated heterocycles. The standard InChI is InChI=1S/C24H24N2Si/c1-24(2)19-12-15-7-6-9-25-21(15)14-18(19)23-22-16(8-10-26-23)11-17(13-20(22)24)27(3,4)5/h6-14H,1-5H3. The van der Waals surface area contributed by atoms with Crippen LogP contribution in [0.25, 0.3) is 32.9 Å². The van der Waals surface area contributed by atoms with Gasteiger partial charge in [-0.1, -0.05) is 56.9 Å². The first-order chi connectivity index (χ1) is 12.8. The number of nitrogens with zero attached hydrogens (tertiary/aromatic N) is 2. The number of hydrogen-bond donors (Lipinski definition) is 0. The van der Waals surface area contributed by atoms with Crippen LogP contribution in [0.5, 0.6) is 0 Å². The molecule has 1 aliphatic carbocycles. The zero-order valence-electron chi connectivity index (χ0n) is 16.6. The molecule has 1 aliphatic rings. The van der Waals surface area contributed by atoms with Crippen molar-refractivity contribution in [2.24, 2.45) is 0 Å². The Balaban J connectivity index is 1.96. The summed E-state index contributed by atoms with van der Waals surface area (Å²) in [4.78, 5) is 9.41. The molecule has 0 amide bonds. The van der Waals surface area contributed by atoms with Crippen LogP contribution in [-0.4, -0.2) is 18.0 Å². The van der Waals surface area contributed by atoms with Gasteiger partial charge in [0.25, 0.3) is 0 Å². The van der Waals surface area contributed by atoms with Crippen molar-refractivity contribution in [3.05, 3.63) is 66.0 Å². The fourth-order valence-corrected chi connectivity index (χ4v) is 5.59. The van der Waals surface area contributed by atoms with Crippen LogP contribution in [0, 0.1) is 0 Å². The number of aromatic nitrogens is 2. The first-order valence-corrected chi connectivity index (χ1v) is 13.1. The summed E-state index contributed by atoms with van der Waals surface area (Å²) in [5.41, 5.74) is 6.06. The van der Waals surface area contributed by atoms with E-state index >= 15 is 0 Å². The van der Waals surface area contributed by atoms with Crippen molar-refractivity contribution in [1.82, 2.24) is 9.97 Å². The maximum Gasteiger partial charge on any atom is 0.0787 e. The Morgan fingerprint density at radius 2 is 1.63 bits per heavy atom. The van der Waals surface area contributed by atoms with Gasteiger partial charge >= 0.3 is 0 Å². The van der Waals surface area contributed by atoms with Gasteiger partial charge in [0.05, 0.1) is 19.3 Å². The van der Waals surface area contributed by atoms with Gasteiger partial charge in [-0.25, -0.2) is 0 Å². The molecule has 0 atom stereocenters. The van der Waals surface area contributed by atoms with Gasteiger partial charge in [-0.05, 0) is 40.8 Å². The zero-order valence-corrected chi connectivity index (χ0v) is 17.6. The van der Waals surface area contributed by atoms with Crippen LogP contribution < -0.4 is 5.19 Å². The Hall–Kier alpha value is -2.52. The van der Waals surface area contributed by atoms with Gasteiger partial charge in [0.1, 0.15) is 0 Å². The molecule has 134 valence electrons. The SMILES string of the molecule is CC1(C)c2cc3cccnc3cc2-c2nccc3cc([Si](C)(C)C)cc1c23. The molecule has 2 heterocycles. The predicted molar refractivity (Wildman–Crippen MR) is 118 cm³/mol. The minimum atomic E-state index is -1.42. The summed E-state index contributed by atoms with van der Waals surface area (Å²) < 4.78 is 0. The summed E-state index contributed by atoms with van der Waals surface area (Å²) in [6, 6.07) is 15.8. The molecule has 2 aromatic heterocycles. The van der Waals surface area contributed by atoms with E-state index in [1.807, 2.05) is 18.5 Å². The van der Waals surface area contributed by atoms with Crippen LogP contribution in [0.1, 0.15) is 25.0 Å². The van der Waals surface area contributed by atoms with Crippen molar-refractivity contribution < 1.29 is 0 Å². The molecular formula is C24H24N2Si. The van der Waals surface area contributed by atoms with Crippen LogP contribution in [0.15, 0.2) is 54.9 Å². The Morgan fingerprint density at radius 3 is 2.41 bits per heavy atom. The lowest BCUT2D eigenvalue weighted by Gasteiger charge is -2.36. The van der Waals surface area contributed by atoms with Crippen molar-refractivity contribution in [2.75, 3.05) is 0 Å². The number of benzene rings is 2. The molecule has 3 heteroatoms. The molecule has 0 bridgehead atoms. The summed E-state index contributed by atoms with van der Waals surface area (Å²) in [5, 5.41) is 5.34. The average molecular weight is 369 g/mol. The molecule has 2 nitrogen and oxygen atoms in total. The normalized spacial score (nSPS) is 15.1. The van der Waals surface area contributed by atoms with Crippen LogP contribution in [0.4, 0.5) is 0 Å². The second kappa shape index (κ2) is 5.26. The molecule has 0 radical (unpaired) electrons. The molecule has 27 heavy (non-hydrogen) atoms. The molecule has 0 unspecified atom stereocenters. The first kappa shape index (κ1) is 16.6. The van der Waals surface area contributed by atoms with E-state index < -0.39 is 8.07 Å². The largest absolute Gasteiger partial charge is 0.256 e. The number of hydrogen-bond acceptors (Lipinski definition) is 2. The Bertz CT molecular complexity index is 1230. The van der Waals surface area contributed by atoms with Crippen molar-refractivity contribution in [3.63, 3.8) is 0 Å². The lowest BCUT2D eigenvalue weighted by molar-refractivity contribution is 0.645. The molecule has 0 aliphatic heterocycles. The van der Waals surface area contributed by atoms with Crippen molar-refractivity contribution in [1.29, 1.82) is 0 Å². The fraction of sp³-hybridized carbons (Fsp3) is 0.250. The Labute approximate surface area is 161 Å². The number of fused-ring (bicyclic) bond motifs is 3. The molecule has 5 rings (SSSR count). The monoisotopic (exact) mass is 368 g/mol. The highest BCUT2D eigenvalue weighted by Gasteiger charge is 2.35. The van der Waals surface area contributed by atoms with Gasteiger partial charge in [0.15, 0.2) is 0 Å². The summed E-state index contributed by atoms with van der Waals surface area (Å²) in [5.74, 6) is 0. The molecule has 2 aromatic carbocycles. The van der Waals surface area contributed by atoms with E-state index in [4.69, 9.17) is 4.98 Å². The topological polar surface area (TPSA) is 25.8 Å². The van der Waals surface area contributed by atoms with Crippen molar-refractivity contribution in [3.8, 4) is 11.3 Å². The number of pyridine rings is 2. The average Bonchev–Trinajstić information content (AvgIpc) is 2.64. The Kier molecular flexibility index (Phi) is 3.24. The van der Waals surface area contributed by atoms with E-state index in [1.54, 1.807) is 0 Å². The molecule has 0 spiro atoms. The predicted octanol–water partition coefficient (Wildman–Crippen LogP) is 5.63. The van der Waals surface area contributed by atoms with Crippen LogP contribution >= 0.6 is 0 Å². The van der Waals surface area contributed by atoms with Crippen molar-refractivity contribution >= 4 is 34.9 Å². The highest BCUT2D eigenvalue weighted by Crippen LogP contribution is 2.48. The highest BCUT2D eigenvalue weighted by molar-refractivity contribution is 6.88. The molecule has 0 N–H and O–H groups in total. The number of rotatable bonds is 1. The molecule has 0 saturated carbocycles. The Morgan fingerprint density at radius 1 is 0.815 bits per heavy atom. The van der Waals surface area contributed by atoms with Gasteiger partial charge < -0.3 is 0 Å². The van der Waals surface area contributed by atoms with Crippen molar-refractivity contribution in [2.45, 2.75) is 38.9 Å². The van der Waals surface area contributed by atoms with Crippen LogP contribution in [-0.2, 0) is 5.41 Å². The molecule has 4 aromatic rings. The van der Waals surface area contributed by atoms with Gasteiger partial charge in [-0.3, -0.25) is 9.97 Å². The maximum absolute atomic E-state index is 4.83. The molecular weight excluding hydrogens is 344 g/mol. The quantitative estimate of drug-likeness (QED) is 0.407. The lowest BCUT2D eigenvalue weighted by atomic mass is 9.69. The third kappa shape index (κ3) is 2.31. The summed E-state index contributed by atoms with van der Waals surface area (Å²) in [7, 11) is -1.42. The second-order valence-corrected chi connectivity index (χ2v) is 14.3. The van der Waals surface area contributed by atoms with E-state index in [-0.39, 0.29) is 5.41 Å². The third-order valence-electron chi connectivity index (χ3n) is 6.07. The maximum atomic E-state index is 4.83. The van der Waals surface area contributed by atoms with Crippen LogP contribution in [0.2, 0.25) is 19.6 Å². The minimum Gasteiger partial charge on any atom is -0.256 e. The van der Waals surface area contributed by atoms with E-state index in [0.29, 0.717) is 0 Å². The van der Waals surface area contributed by atoms with Gasteiger partial charge in [0, 0.05) is 34.1 Å². The molecule has 0 fully saturated rings. The third-order valence-corrected chi connectivity index (χ3v) is 8.09. The van der Waals surface area contributed by atoms with E-state index in [2.05, 4.69) is 74.9 Å². The van der Waals surface area contributed by atoms with Gasteiger partial charge in [-0.15, -0.1) is 0 Å². The second-order valence-electron chi connectivity index (χ2n) is 9.25. The van der Waals surface area contributed by atoms with Gasteiger partial charge in [-0.2, -0.15) is 0 Å². The van der Waals surface area contributed by atoms with E-state index in [9.17, 15) is 0 Å². The summed E-state index contributed by atoms with van der Waals surface area (Å²) >= 11 is 0. The smallest absolute Gasteiger partial charge is 0.0787 e. The lowest BCUT2D eigenvalue weighted by Crippen LogP contribution is -2.39. The minimum absolute atomic E-state index is 0.0662. The van der Waals surface area contributed by atoms with E-state index in [1.165, 1.54) is 38.0 Å². The van der Waals surface area contributed by atoms with E-state index in [0.717, 1.165) is 11.2 Å². The van der Waals surface area contributed by atoms with Crippen LogP contribution in [0.3, 0.4) is 0 Å². The highest BCUT2D eigenvalue weighted by atomic mass is 28.3. The summed E-state index contributed by atoms with van der Waals surface area (Å²) in [6.07, 6.45) is 3.82.